The molecule has 0 bridgehead atoms. The van der Waals surface area contributed by atoms with Gasteiger partial charge in [0.2, 0.25) is 0 Å². The predicted octanol–water partition coefficient (Wildman–Crippen LogP) is 4.66. The van der Waals surface area contributed by atoms with Crippen LogP contribution in [0, 0.1) is 10.8 Å². The molecule has 0 aromatic heterocycles. The minimum atomic E-state index is -4.41. The average Bonchev–Trinajstić information content (AvgIpc) is 2.41. The summed E-state index contributed by atoms with van der Waals surface area (Å²) in [5.41, 5.74) is -0.475. The van der Waals surface area contributed by atoms with E-state index in [-0.39, 0.29) is 16.9 Å². The Morgan fingerprint density at radius 1 is 1.25 bits per heavy atom. The Balaban J connectivity index is 2.16. The molecular weight excluding hydrogens is 337 g/mol. The van der Waals surface area contributed by atoms with E-state index in [1.54, 1.807) is 6.07 Å². The Morgan fingerprint density at radius 2 is 1.92 bits per heavy atom. The first-order valence-corrected chi connectivity index (χ1v) is 8.81. The summed E-state index contributed by atoms with van der Waals surface area (Å²) < 4.78 is 39.0. The van der Waals surface area contributed by atoms with Gasteiger partial charge in [0.05, 0.1) is 11.7 Å². The van der Waals surface area contributed by atoms with Crippen LogP contribution in [0.1, 0.15) is 45.6 Å². The Labute approximate surface area is 145 Å². The molecule has 0 amide bonds. The molecule has 0 saturated heterocycles. The highest BCUT2D eigenvalue weighted by atomic mass is 32.2. The van der Waals surface area contributed by atoms with Gasteiger partial charge in [0, 0.05) is 17.1 Å². The number of benzene rings is 1. The fourth-order valence-electron chi connectivity index (χ4n) is 3.96. The first-order chi connectivity index (χ1) is 10.9. The zero-order valence-corrected chi connectivity index (χ0v) is 15.0. The molecule has 1 fully saturated rings. The monoisotopic (exact) mass is 362 g/mol. The van der Waals surface area contributed by atoms with E-state index in [1.807, 2.05) is 0 Å². The highest BCUT2D eigenvalue weighted by molar-refractivity contribution is 7.97. The lowest BCUT2D eigenvalue weighted by Crippen LogP contribution is -2.42. The molecule has 1 aliphatic rings. The van der Waals surface area contributed by atoms with Crippen molar-refractivity contribution in [3.8, 4) is 0 Å². The Kier molecular flexibility index (Phi) is 5.47. The smallest absolute Gasteiger partial charge is 0.393 e. The maximum atomic E-state index is 13.0. The summed E-state index contributed by atoms with van der Waals surface area (Å²) >= 11 is 0.794. The van der Waals surface area contributed by atoms with Crippen molar-refractivity contribution in [2.45, 2.75) is 57.2 Å². The van der Waals surface area contributed by atoms with Crippen LogP contribution in [0.15, 0.2) is 23.1 Å². The van der Waals surface area contributed by atoms with Gasteiger partial charge in [-0.3, -0.25) is 5.14 Å². The summed E-state index contributed by atoms with van der Waals surface area (Å²) in [6.07, 6.45) is -2.49. The second kappa shape index (κ2) is 6.77. The fraction of sp³-hybridized carbons (Fsp3) is 0.647. The minimum absolute atomic E-state index is 0.0141. The SMILES string of the molecule is CC1(C)CC(O)CC(C)(CNc2cc(SN)cc(C(F)(F)F)c2)C1. The van der Waals surface area contributed by atoms with Crippen molar-refractivity contribution >= 4 is 17.6 Å². The van der Waals surface area contributed by atoms with Gasteiger partial charge < -0.3 is 10.4 Å². The number of aliphatic hydroxyl groups excluding tert-OH is 1. The van der Waals surface area contributed by atoms with E-state index >= 15 is 0 Å². The average molecular weight is 362 g/mol. The maximum Gasteiger partial charge on any atom is 0.416 e. The van der Waals surface area contributed by atoms with Gasteiger partial charge in [-0.25, -0.2) is 0 Å². The summed E-state index contributed by atoms with van der Waals surface area (Å²) in [6, 6.07) is 3.77. The number of hydrogen-bond donors (Lipinski definition) is 3. The van der Waals surface area contributed by atoms with E-state index in [0.29, 0.717) is 23.5 Å². The molecule has 0 aliphatic heterocycles. The summed E-state index contributed by atoms with van der Waals surface area (Å²) in [7, 11) is 0. The molecule has 4 N–H and O–H groups in total. The second-order valence-electron chi connectivity index (χ2n) is 7.93. The van der Waals surface area contributed by atoms with Crippen LogP contribution in [0.5, 0.6) is 0 Å². The van der Waals surface area contributed by atoms with Gasteiger partial charge in [-0.15, -0.1) is 0 Å². The minimum Gasteiger partial charge on any atom is -0.393 e. The van der Waals surface area contributed by atoms with Crippen molar-refractivity contribution in [3.63, 3.8) is 0 Å². The zero-order valence-electron chi connectivity index (χ0n) is 14.2. The molecule has 0 spiro atoms. The van der Waals surface area contributed by atoms with E-state index < -0.39 is 11.7 Å². The Hall–Kier alpha value is -0.920. The number of hydrogen-bond acceptors (Lipinski definition) is 4. The number of nitrogens with two attached hydrogens (primary N) is 1. The van der Waals surface area contributed by atoms with Crippen LogP contribution in [-0.4, -0.2) is 17.8 Å². The largest absolute Gasteiger partial charge is 0.416 e. The quantitative estimate of drug-likeness (QED) is 0.682. The Bertz CT molecular complexity index is 592. The molecule has 2 unspecified atom stereocenters. The lowest BCUT2D eigenvalue weighted by atomic mass is 9.63. The van der Waals surface area contributed by atoms with Crippen molar-refractivity contribution in [2.75, 3.05) is 11.9 Å². The highest BCUT2D eigenvalue weighted by Gasteiger charge is 2.40. The van der Waals surface area contributed by atoms with Gasteiger partial charge in [0.25, 0.3) is 0 Å². The van der Waals surface area contributed by atoms with Crippen LogP contribution < -0.4 is 10.5 Å². The zero-order chi connectivity index (χ0) is 18.2. The Morgan fingerprint density at radius 3 is 2.46 bits per heavy atom. The van der Waals surface area contributed by atoms with Gasteiger partial charge in [0.15, 0.2) is 0 Å². The van der Waals surface area contributed by atoms with Crippen LogP contribution in [0.3, 0.4) is 0 Å². The highest BCUT2D eigenvalue weighted by Crippen LogP contribution is 2.46. The van der Waals surface area contributed by atoms with Gasteiger partial charge >= 0.3 is 6.18 Å². The van der Waals surface area contributed by atoms with Crippen LogP contribution in [0.2, 0.25) is 0 Å². The molecule has 0 heterocycles. The molecule has 136 valence electrons. The van der Waals surface area contributed by atoms with Crippen LogP contribution in [0.4, 0.5) is 18.9 Å². The topological polar surface area (TPSA) is 58.3 Å². The lowest BCUT2D eigenvalue weighted by molar-refractivity contribution is -0.137. The van der Waals surface area contributed by atoms with Crippen LogP contribution >= 0.6 is 11.9 Å². The standard InChI is InChI=1S/C17H25F3N2OS/c1-15(2)7-13(23)8-16(3,9-15)10-22-12-4-11(17(18,19)20)5-14(6-12)24-21/h4-6,13,22-23H,7-10,21H2,1-3H3. The molecular formula is C17H25F3N2OS. The second-order valence-corrected chi connectivity index (χ2v) is 8.64. The molecule has 24 heavy (non-hydrogen) atoms. The molecule has 2 atom stereocenters. The third-order valence-corrected chi connectivity index (χ3v) is 5.02. The first kappa shape index (κ1) is 19.4. The van der Waals surface area contributed by atoms with Crippen molar-refractivity contribution in [1.29, 1.82) is 0 Å². The van der Waals surface area contributed by atoms with Crippen molar-refractivity contribution in [2.24, 2.45) is 16.0 Å². The summed E-state index contributed by atoms with van der Waals surface area (Å²) in [5, 5.41) is 18.7. The molecule has 2 rings (SSSR count). The number of aliphatic hydroxyl groups is 1. The van der Waals surface area contributed by atoms with E-state index in [1.165, 1.54) is 0 Å². The molecule has 1 aromatic carbocycles. The third kappa shape index (κ3) is 5.04. The van der Waals surface area contributed by atoms with Gasteiger partial charge in [-0.05, 0) is 60.2 Å². The van der Waals surface area contributed by atoms with E-state index in [9.17, 15) is 18.3 Å². The third-order valence-electron chi connectivity index (χ3n) is 4.51. The number of rotatable bonds is 4. The number of nitrogens with one attached hydrogen (secondary N) is 1. The normalized spacial score (nSPS) is 27.1. The van der Waals surface area contributed by atoms with Gasteiger partial charge in [0.1, 0.15) is 0 Å². The summed E-state index contributed by atoms with van der Waals surface area (Å²) in [4.78, 5) is 0.362. The summed E-state index contributed by atoms with van der Waals surface area (Å²) in [5.74, 6) is 0. The predicted molar refractivity (Wildman–Crippen MR) is 91.7 cm³/mol. The van der Waals surface area contributed by atoms with E-state index in [4.69, 9.17) is 5.14 Å². The van der Waals surface area contributed by atoms with Crippen LogP contribution in [0.25, 0.3) is 0 Å². The first-order valence-electron chi connectivity index (χ1n) is 7.93. The molecule has 7 heteroatoms. The van der Waals surface area contributed by atoms with Gasteiger partial charge in [-0.2, -0.15) is 13.2 Å². The van der Waals surface area contributed by atoms with Crippen molar-refractivity contribution in [3.05, 3.63) is 23.8 Å². The molecule has 3 nitrogen and oxygen atoms in total. The van der Waals surface area contributed by atoms with Crippen LogP contribution in [-0.2, 0) is 6.18 Å². The van der Waals surface area contributed by atoms with E-state index in [2.05, 4.69) is 26.1 Å². The summed E-state index contributed by atoms with van der Waals surface area (Å²) in [6.45, 7) is 6.79. The maximum absolute atomic E-state index is 13.0. The molecule has 1 saturated carbocycles. The van der Waals surface area contributed by atoms with Crippen molar-refractivity contribution < 1.29 is 18.3 Å². The van der Waals surface area contributed by atoms with Crippen molar-refractivity contribution in [1.82, 2.24) is 0 Å². The lowest BCUT2D eigenvalue weighted by Gasteiger charge is -2.45. The molecule has 1 aromatic rings. The number of anilines is 1. The van der Waals surface area contributed by atoms with E-state index in [0.717, 1.165) is 36.9 Å². The molecule has 1 aliphatic carbocycles. The molecule has 0 radical (unpaired) electrons. The number of halogens is 3. The fourth-order valence-corrected chi connectivity index (χ4v) is 4.35. The number of alkyl halides is 3. The van der Waals surface area contributed by atoms with Gasteiger partial charge in [-0.1, -0.05) is 20.8 Å².